The molecule has 1 atom stereocenters. The molecule has 1 unspecified atom stereocenters. The Labute approximate surface area is 117 Å². The summed E-state index contributed by atoms with van der Waals surface area (Å²) in [6.07, 6.45) is 0. The van der Waals surface area contributed by atoms with Crippen LogP contribution < -0.4 is 5.32 Å². The summed E-state index contributed by atoms with van der Waals surface area (Å²) in [6, 6.07) is 13.7. The Balaban J connectivity index is 2.22. The smallest absolute Gasteiger partial charge is 0.330 e. The van der Waals surface area contributed by atoms with E-state index in [4.69, 9.17) is 4.74 Å². The summed E-state index contributed by atoms with van der Waals surface area (Å²) >= 11 is 1.66. The number of benzene rings is 1. The first-order valence-corrected chi connectivity index (χ1v) is 6.96. The maximum absolute atomic E-state index is 12.1. The average molecular weight is 275 g/mol. The Bertz CT molecular complexity index is 524. The summed E-state index contributed by atoms with van der Waals surface area (Å²) in [5.74, 6) is -0.282. The molecule has 4 heteroatoms. The maximum atomic E-state index is 12.1. The Morgan fingerprint density at radius 3 is 2.58 bits per heavy atom. The first-order valence-electron chi connectivity index (χ1n) is 6.08. The highest BCUT2D eigenvalue weighted by molar-refractivity contribution is 7.09. The zero-order chi connectivity index (χ0) is 13.7. The van der Waals surface area contributed by atoms with Crippen LogP contribution in [0.25, 0.3) is 0 Å². The standard InChI is InChI=1S/C15H17NO2S/c1-15(14(17)18-2,12-7-4-3-5-8-12)16-11-13-9-6-10-19-13/h3-10,16H,11H2,1-2H3. The maximum Gasteiger partial charge on any atom is 0.330 e. The minimum absolute atomic E-state index is 0.282. The van der Waals surface area contributed by atoms with E-state index in [2.05, 4.69) is 5.32 Å². The lowest BCUT2D eigenvalue weighted by molar-refractivity contribution is -0.148. The molecule has 0 bridgehead atoms. The van der Waals surface area contributed by atoms with Gasteiger partial charge < -0.3 is 4.74 Å². The topological polar surface area (TPSA) is 38.3 Å². The monoisotopic (exact) mass is 275 g/mol. The van der Waals surface area contributed by atoms with Crippen molar-refractivity contribution in [2.75, 3.05) is 7.11 Å². The van der Waals surface area contributed by atoms with Crippen LogP contribution in [0.1, 0.15) is 17.4 Å². The van der Waals surface area contributed by atoms with Crippen LogP contribution in [0.15, 0.2) is 47.8 Å². The highest BCUT2D eigenvalue weighted by atomic mass is 32.1. The van der Waals surface area contributed by atoms with E-state index in [9.17, 15) is 4.79 Å². The summed E-state index contributed by atoms with van der Waals surface area (Å²) in [6.45, 7) is 2.49. The summed E-state index contributed by atoms with van der Waals surface area (Å²) < 4.78 is 4.94. The molecule has 19 heavy (non-hydrogen) atoms. The lowest BCUT2D eigenvalue weighted by Gasteiger charge is -2.28. The third kappa shape index (κ3) is 3.03. The van der Waals surface area contributed by atoms with E-state index in [-0.39, 0.29) is 5.97 Å². The third-order valence-electron chi connectivity index (χ3n) is 3.14. The predicted octanol–water partition coefficient (Wildman–Crippen LogP) is 2.93. The molecule has 2 aromatic rings. The van der Waals surface area contributed by atoms with Gasteiger partial charge in [-0.1, -0.05) is 36.4 Å². The van der Waals surface area contributed by atoms with Crippen molar-refractivity contribution in [3.8, 4) is 0 Å². The highest BCUT2D eigenvalue weighted by Gasteiger charge is 2.35. The number of methoxy groups -OCH3 is 1. The van der Waals surface area contributed by atoms with Crippen molar-refractivity contribution < 1.29 is 9.53 Å². The van der Waals surface area contributed by atoms with Crippen LogP contribution in [0.3, 0.4) is 0 Å². The Morgan fingerprint density at radius 1 is 1.26 bits per heavy atom. The van der Waals surface area contributed by atoms with Gasteiger partial charge in [-0.25, -0.2) is 4.79 Å². The Morgan fingerprint density at radius 2 is 2.00 bits per heavy atom. The van der Waals surface area contributed by atoms with Crippen LogP contribution in [0.4, 0.5) is 0 Å². The van der Waals surface area contributed by atoms with E-state index in [0.717, 1.165) is 5.56 Å². The van der Waals surface area contributed by atoms with Crippen molar-refractivity contribution in [1.82, 2.24) is 5.32 Å². The van der Waals surface area contributed by atoms with Gasteiger partial charge in [-0.3, -0.25) is 5.32 Å². The number of nitrogens with one attached hydrogen (secondary N) is 1. The van der Waals surface area contributed by atoms with Crippen LogP contribution in [0.5, 0.6) is 0 Å². The molecule has 0 amide bonds. The number of ether oxygens (including phenoxy) is 1. The number of carbonyl (C=O) groups is 1. The van der Waals surface area contributed by atoms with Gasteiger partial charge in [0.15, 0.2) is 0 Å². The van der Waals surface area contributed by atoms with Crippen LogP contribution in [-0.4, -0.2) is 13.1 Å². The van der Waals surface area contributed by atoms with E-state index in [1.54, 1.807) is 11.3 Å². The molecule has 100 valence electrons. The minimum Gasteiger partial charge on any atom is -0.467 e. The molecule has 0 fully saturated rings. The van der Waals surface area contributed by atoms with Crippen molar-refractivity contribution in [3.63, 3.8) is 0 Å². The molecule has 0 radical (unpaired) electrons. The first-order chi connectivity index (χ1) is 9.16. The van der Waals surface area contributed by atoms with Crippen LogP contribution in [-0.2, 0) is 21.6 Å². The SMILES string of the molecule is COC(=O)C(C)(NCc1cccs1)c1ccccc1. The molecule has 1 aromatic carbocycles. The molecule has 0 saturated carbocycles. The van der Waals surface area contributed by atoms with Gasteiger partial charge in [-0.05, 0) is 23.9 Å². The number of hydrogen-bond acceptors (Lipinski definition) is 4. The van der Waals surface area contributed by atoms with E-state index in [0.29, 0.717) is 6.54 Å². The fraction of sp³-hybridized carbons (Fsp3) is 0.267. The van der Waals surface area contributed by atoms with Gasteiger partial charge in [0.2, 0.25) is 0 Å². The summed E-state index contributed by atoms with van der Waals surface area (Å²) in [5, 5.41) is 5.32. The van der Waals surface area contributed by atoms with E-state index in [1.165, 1.54) is 12.0 Å². The molecular formula is C15H17NO2S. The fourth-order valence-corrected chi connectivity index (χ4v) is 2.59. The lowest BCUT2D eigenvalue weighted by atomic mass is 9.92. The number of esters is 1. The van der Waals surface area contributed by atoms with Crippen molar-refractivity contribution >= 4 is 17.3 Å². The van der Waals surface area contributed by atoms with Gasteiger partial charge in [0.25, 0.3) is 0 Å². The predicted molar refractivity (Wildman–Crippen MR) is 77.0 cm³/mol. The number of hydrogen-bond donors (Lipinski definition) is 1. The van der Waals surface area contributed by atoms with Crippen LogP contribution >= 0.6 is 11.3 Å². The molecule has 1 heterocycles. The molecule has 0 aliphatic heterocycles. The van der Waals surface area contributed by atoms with E-state index < -0.39 is 5.54 Å². The Kier molecular flexibility index (Phi) is 4.35. The summed E-state index contributed by atoms with van der Waals surface area (Å²) in [5.41, 5.74) is 0.0680. The normalized spacial score (nSPS) is 13.8. The van der Waals surface area contributed by atoms with Gasteiger partial charge in [0.05, 0.1) is 7.11 Å². The molecule has 3 nitrogen and oxygen atoms in total. The molecule has 0 aliphatic carbocycles. The van der Waals surface area contributed by atoms with Gasteiger partial charge in [0, 0.05) is 11.4 Å². The quantitative estimate of drug-likeness (QED) is 0.853. The van der Waals surface area contributed by atoms with Crippen molar-refractivity contribution in [3.05, 3.63) is 58.3 Å². The van der Waals surface area contributed by atoms with Crippen molar-refractivity contribution in [2.24, 2.45) is 0 Å². The second kappa shape index (κ2) is 5.99. The third-order valence-corrected chi connectivity index (χ3v) is 4.02. The summed E-state index contributed by atoms with van der Waals surface area (Å²) in [4.78, 5) is 13.3. The molecule has 0 aliphatic rings. The zero-order valence-corrected chi connectivity index (χ0v) is 11.9. The minimum atomic E-state index is -0.833. The van der Waals surface area contributed by atoms with E-state index >= 15 is 0 Å². The van der Waals surface area contributed by atoms with Crippen molar-refractivity contribution in [2.45, 2.75) is 19.0 Å². The molecule has 0 spiro atoms. The van der Waals surface area contributed by atoms with Gasteiger partial charge in [-0.15, -0.1) is 11.3 Å². The van der Waals surface area contributed by atoms with E-state index in [1.807, 2.05) is 54.8 Å². The lowest BCUT2D eigenvalue weighted by Crippen LogP contribution is -2.46. The molecule has 1 N–H and O–H groups in total. The molecular weight excluding hydrogens is 258 g/mol. The second-order valence-electron chi connectivity index (χ2n) is 4.42. The second-order valence-corrected chi connectivity index (χ2v) is 5.45. The Hall–Kier alpha value is -1.65. The number of rotatable bonds is 5. The highest BCUT2D eigenvalue weighted by Crippen LogP contribution is 2.23. The molecule has 0 saturated heterocycles. The first kappa shape index (κ1) is 13.8. The number of thiophene rings is 1. The summed E-state index contributed by atoms with van der Waals surface area (Å²) in [7, 11) is 1.41. The largest absolute Gasteiger partial charge is 0.467 e. The van der Waals surface area contributed by atoms with Crippen molar-refractivity contribution in [1.29, 1.82) is 0 Å². The van der Waals surface area contributed by atoms with Gasteiger partial charge >= 0.3 is 5.97 Å². The van der Waals surface area contributed by atoms with Crippen LogP contribution in [0.2, 0.25) is 0 Å². The number of carbonyl (C=O) groups excluding carboxylic acids is 1. The molecule has 2 rings (SSSR count). The van der Waals surface area contributed by atoms with Crippen LogP contribution in [0, 0.1) is 0 Å². The van der Waals surface area contributed by atoms with Gasteiger partial charge in [-0.2, -0.15) is 0 Å². The molecule has 1 aromatic heterocycles. The zero-order valence-electron chi connectivity index (χ0n) is 11.1. The average Bonchev–Trinajstić information content (AvgIpc) is 2.98. The van der Waals surface area contributed by atoms with Gasteiger partial charge in [0.1, 0.15) is 5.54 Å². The fourth-order valence-electron chi connectivity index (χ4n) is 1.94.